The Morgan fingerprint density at radius 3 is 2.68 bits per heavy atom. The molecule has 1 aromatic heterocycles. The topological polar surface area (TPSA) is 17.8 Å². The molecule has 0 aliphatic heterocycles. The molecule has 2 unspecified atom stereocenters. The second kappa shape index (κ2) is 5.95. The molecule has 5 heteroatoms. The van der Waals surface area contributed by atoms with Crippen LogP contribution in [0.3, 0.4) is 0 Å². The molecule has 0 aliphatic rings. The molecule has 0 radical (unpaired) electrons. The summed E-state index contributed by atoms with van der Waals surface area (Å²) in [6.07, 6.45) is 2.10. The molecule has 1 aromatic carbocycles. The van der Waals surface area contributed by atoms with Crippen molar-refractivity contribution in [2.75, 3.05) is 0 Å². The van der Waals surface area contributed by atoms with Crippen molar-refractivity contribution in [3.63, 3.8) is 0 Å². The Hall–Kier alpha value is -0.360. The van der Waals surface area contributed by atoms with Crippen molar-refractivity contribution >= 4 is 45.2 Å². The van der Waals surface area contributed by atoms with Gasteiger partial charge in [-0.3, -0.25) is 0 Å². The number of hydrogen-bond acceptors (Lipinski definition) is 1. The first kappa shape index (κ1) is 15.0. The van der Waals surface area contributed by atoms with Crippen molar-refractivity contribution in [3.8, 4) is 0 Å². The lowest BCUT2D eigenvalue weighted by atomic mass is 10.2. The number of rotatable bonds is 4. The van der Waals surface area contributed by atoms with Gasteiger partial charge in [0.15, 0.2) is 0 Å². The molecule has 0 N–H and O–H groups in total. The van der Waals surface area contributed by atoms with Crippen LogP contribution in [0.2, 0.25) is 0 Å². The van der Waals surface area contributed by atoms with Crippen LogP contribution in [0, 0.1) is 9.39 Å². The second-order valence-electron chi connectivity index (χ2n) is 4.85. The first-order valence-corrected chi connectivity index (χ1v) is 7.98. The molecule has 0 amide bonds. The highest BCUT2D eigenvalue weighted by molar-refractivity contribution is 14.1. The van der Waals surface area contributed by atoms with Gasteiger partial charge in [0.1, 0.15) is 11.6 Å². The third-order valence-corrected chi connectivity index (χ3v) is 4.28. The predicted molar refractivity (Wildman–Crippen MR) is 86.3 cm³/mol. The Bertz CT molecular complexity index is 595. The van der Waals surface area contributed by atoms with E-state index < -0.39 is 0 Å². The van der Waals surface area contributed by atoms with Crippen LogP contribution in [0.5, 0.6) is 0 Å². The average Bonchev–Trinajstić information content (AvgIpc) is 2.69. The SMILES string of the molecule is CCCC(C)n1c(C(C)Cl)nc2cc(I)c(F)cc21. The standard InChI is InChI=1S/C14H17ClFIN2/c1-4-5-8(2)19-13-6-10(16)11(17)7-12(13)18-14(19)9(3)15/h6-9H,4-5H2,1-3H3. The van der Waals surface area contributed by atoms with Crippen molar-refractivity contribution in [2.45, 2.75) is 45.0 Å². The monoisotopic (exact) mass is 394 g/mol. The molecule has 0 saturated heterocycles. The zero-order valence-electron chi connectivity index (χ0n) is 11.3. The molecule has 0 spiro atoms. The van der Waals surface area contributed by atoms with Crippen molar-refractivity contribution in [1.29, 1.82) is 0 Å². The summed E-state index contributed by atoms with van der Waals surface area (Å²) in [6.45, 7) is 6.17. The summed E-state index contributed by atoms with van der Waals surface area (Å²) >= 11 is 8.21. The second-order valence-corrected chi connectivity index (χ2v) is 6.67. The normalized spacial score (nSPS) is 14.8. The molecule has 1 heterocycles. The van der Waals surface area contributed by atoms with Gasteiger partial charge in [0, 0.05) is 12.1 Å². The molecular weight excluding hydrogens is 378 g/mol. The van der Waals surface area contributed by atoms with Gasteiger partial charge >= 0.3 is 0 Å². The summed E-state index contributed by atoms with van der Waals surface area (Å²) in [6, 6.07) is 3.62. The van der Waals surface area contributed by atoms with Crippen LogP contribution >= 0.6 is 34.2 Å². The summed E-state index contributed by atoms with van der Waals surface area (Å²) in [5, 5.41) is -0.188. The minimum absolute atomic E-state index is 0.188. The van der Waals surface area contributed by atoms with Crippen molar-refractivity contribution in [3.05, 3.63) is 27.3 Å². The number of fused-ring (bicyclic) bond motifs is 1. The van der Waals surface area contributed by atoms with Crippen LogP contribution in [0.4, 0.5) is 4.39 Å². The van der Waals surface area contributed by atoms with Crippen molar-refractivity contribution in [2.24, 2.45) is 0 Å². The lowest BCUT2D eigenvalue weighted by Gasteiger charge is -2.18. The fourth-order valence-corrected chi connectivity index (χ4v) is 3.00. The summed E-state index contributed by atoms with van der Waals surface area (Å²) in [7, 11) is 0. The van der Waals surface area contributed by atoms with Gasteiger partial charge in [-0.25, -0.2) is 9.37 Å². The van der Waals surface area contributed by atoms with E-state index in [2.05, 4.69) is 23.4 Å². The molecular formula is C14H17ClFIN2. The van der Waals surface area contributed by atoms with E-state index in [4.69, 9.17) is 11.6 Å². The smallest absolute Gasteiger partial charge is 0.138 e. The Labute approximate surface area is 131 Å². The first-order chi connectivity index (χ1) is 8.95. The van der Waals surface area contributed by atoms with E-state index in [0.29, 0.717) is 3.57 Å². The third-order valence-electron chi connectivity index (χ3n) is 3.26. The van der Waals surface area contributed by atoms with Gasteiger partial charge in [-0.05, 0) is 48.9 Å². The van der Waals surface area contributed by atoms with Gasteiger partial charge < -0.3 is 4.57 Å². The number of benzene rings is 1. The Morgan fingerprint density at radius 1 is 1.42 bits per heavy atom. The van der Waals surface area contributed by atoms with Crippen LogP contribution in [0.25, 0.3) is 11.0 Å². The van der Waals surface area contributed by atoms with Crippen LogP contribution in [-0.4, -0.2) is 9.55 Å². The largest absolute Gasteiger partial charge is 0.324 e. The maximum Gasteiger partial charge on any atom is 0.138 e. The fourth-order valence-electron chi connectivity index (χ4n) is 2.40. The minimum atomic E-state index is -0.202. The first-order valence-electron chi connectivity index (χ1n) is 6.46. The van der Waals surface area contributed by atoms with E-state index in [1.54, 1.807) is 12.1 Å². The molecule has 2 aromatic rings. The zero-order valence-corrected chi connectivity index (χ0v) is 14.2. The minimum Gasteiger partial charge on any atom is -0.324 e. The summed E-state index contributed by atoms with van der Waals surface area (Å²) in [5.74, 6) is 0.616. The Morgan fingerprint density at radius 2 is 2.11 bits per heavy atom. The van der Waals surface area contributed by atoms with Gasteiger partial charge in [0.2, 0.25) is 0 Å². The highest BCUT2D eigenvalue weighted by Crippen LogP contribution is 2.31. The third kappa shape index (κ3) is 2.89. The molecule has 0 saturated carbocycles. The van der Waals surface area contributed by atoms with Crippen LogP contribution in [0.1, 0.15) is 50.9 Å². The molecule has 2 nitrogen and oxygen atoms in total. The number of halogens is 3. The van der Waals surface area contributed by atoms with Gasteiger partial charge in [-0.1, -0.05) is 13.3 Å². The zero-order chi connectivity index (χ0) is 14.2. The predicted octanol–water partition coefficient (Wildman–Crippen LogP) is 5.44. The molecule has 19 heavy (non-hydrogen) atoms. The van der Waals surface area contributed by atoms with Gasteiger partial charge in [0.25, 0.3) is 0 Å². The number of imidazole rings is 1. The van der Waals surface area contributed by atoms with Gasteiger partial charge in [0.05, 0.1) is 20.0 Å². The van der Waals surface area contributed by atoms with Gasteiger partial charge in [-0.2, -0.15) is 0 Å². The quantitative estimate of drug-likeness (QED) is 0.499. The molecule has 104 valence electrons. The van der Waals surface area contributed by atoms with Crippen LogP contribution in [0.15, 0.2) is 12.1 Å². The lowest BCUT2D eigenvalue weighted by Crippen LogP contribution is -2.09. The van der Waals surface area contributed by atoms with E-state index in [1.165, 1.54) is 0 Å². The average molecular weight is 395 g/mol. The highest BCUT2D eigenvalue weighted by atomic mass is 127. The van der Waals surface area contributed by atoms with E-state index in [1.807, 2.05) is 29.5 Å². The van der Waals surface area contributed by atoms with Gasteiger partial charge in [-0.15, -0.1) is 11.6 Å². The number of aromatic nitrogens is 2. The van der Waals surface area contributed by atoms with Crippen LogP contribution in [-0.2, 0) is 0 Å². The summed E-state index contributed by atoms with van der Waals surface area (Å²) in [4.78, 5) is 4.58. The van der Waals surface area contributed by atoms with E-state index in [-0.39, 0.29) is 17.2 Å². The molecule has 0 bridgehead atoms. The summed E-state index contributed by atoms with van der Waals surface area (Å²) < 4.78 is 16.5. The van der Waals surface area contributed by atoms with E-state index in [0.717, 1.165) is 29.7 Å². The highest BCUT2D eigenvalue weighted by Gasteiger charge is 2.19. The summed E-state index contributed by atoms with van der Waals surface area (Å²) in [5.41, 5.74) is 1.65. The Kier molecular flexibility index (Phi) is 4.71. The van der Waals surface area contributed by atoms with Crippen LogP contribution < -0.4 is 0 Å². The molecule has 2 atom stereocenters. The maximum atomic E-state index is 13.8. The fraction of sp³-hybridized carbons (Fsp3) is 0.500. The molecule has 0 fully saturated rings. The van der Waals surface area contributed by atoms with E-state index >= 15 is 0 Å². The van der Waals surface area contributed by atoms with Crippen molar-refractivity contribution < 1.29 is 4.39 Å². The number of alkyl halides is 1. The molecule has 2 rings (SSSR count). The maximum absolute atomic E-state index is 13.8. The van der Waals surface area contributed by atoms with E-state index in [9.17, 15) is 4.39 Å². The number of hydrogen-bond donors (Lipinski definition) is 0. The van der Waals surface area contributed by atoms with Crippen molar-refractivity contribution in [1.82, 2.24) is 9.55 Å². The molecule has 0 aliphatic carbocycles. The number of nitrogens with zero attached hydrogens (tertiary/aromatic N) is 2. The lowest BCUT2D eigenvalue weighted by molar-refractivity contribution is 0.493. The Balaban J connectivity index is 2.69.